The normalized spacial score (nSPS) is 17.3. The monoisotopic (exact) mass is 361 g/mol. The SMILES string of the molecule is CN(C)CCCNC(=O)c1nc(C(=O)NC2CCCC2)n2c1CCCC2. The second-order valence-electron chi connectivity index (χ2n) is 7.71. The first-order valence-electron chi connectivity index (χ1n) is 9.89. The lowest BCUT2D eigenvalue weighted by Crippen LogP contribution is -2.35. The summed E-state index contributed by atoms with van der Waals surface area (Å²) < 4.78 is 1.96. The number of hydrogen-bond acceptors (Lipinski definition) is 4. The highest BCUT2D eigenvalue weighted by Crippen LogP contribution is 2.22. The van der Waals surface area contributed by atoms with Gasteiger partial charge in [-0.2, -0.15) is 0 Å². The van der Waals surface area contributed by atoms with Gasteiger partial charge >= 0.3 is 0 Å². The number of nitrogens with one attached hydrogen (secondary N) is 2. The molecule has 2 heterocycles. The fourth-order valence-corrected chi connectivity index (χ4v) is 3.90. The molecule has 7 nitrogen and oxygen atoms in total. The molecule has 0 atom stereocenters. The molecule has 0 saturated heterocycles. The highest BCUT2D eigenvalue weighted by Gasteiger charge is 2.28. The molecule has 1 aliphatic carbocycles. The number of nitrogens with zero attached hydrogens (tertiary/aromatic N) is 3. The van der Waals surface area contributed by atoms with Crippen LogP contribution in [0.15, 0.2) is 0 Å². The summed E-state index contributed by atoms with van der Waals surface area (Å²) in [5.74, 6) is 0.117. The number of carbonyl (C=O) groups is 2. The minimum absolute atomic E-state index is 0.133. The second kappa shape index (κ2) is 8.66. The third kappa shape index (κ3) is 4.44. The molecule has 26 heavy (non-hydrogen) atoms. The molecule has 1 aromatic heterocycles. The van der Waals surface area contributed by atoms with Crippen LogP contribution >= 0.6 is 0 Å². The largest absolute Gasteiger partial charge is 0.351 e. The molecule has 0 spiro atoms. The van der Waals surface area contributed by atoms with Gasteiger partial charge in [0.15, 0.2) is 5.82 Å². The summed E-state index contributed by atoms with van der Waals surface area (Å²) in [6.45, 7) is 2.31. The Labute approximate surface area is 155 Å². The average molecular weight is 361 g/mol. The molecule has 2 N–H and O–H groups in total. The van der Waals surface area contributed by atoms with Gasteiger partial charge in [0.05, 0.1) is 5.69 Å². The van der Waals surface area contributed by atoms with Crippen LogP contribution in [0.4, 0.5) is 0 Å². The second-order valence-corrected chi connectivity index (χ2v) is 7.71. The predicted octanol–water partition coefficient (Wildman–Crippen LogP) is 1.57. The number of imidazole rings is 1. The number of hydrogen-bond donors (Lipinski definition) is 2. The zero-order chi connectivity index (χ0) is 18.5. The Morgan fingerprint density at radius 1 is 1.15 bits per heavy atom. The van der Waals surface area contributed by atoms with Gasteiger partial charge in [-0.1, -0.05) is 12.8 Å². The molecule has 0 bridgehead atoms. The Morgan fingerprint density at radius 2 is 1.92 bits per heavy atom. The third-order valence-corrected chi connectivity index (χ3v) is 5.29. The van der Waals surface area contributed by atoms with Crippen molar-refractivity contribution in [3.8, 4) is 0 Å². The lowest BCUT2D eigenvalue weighted by molar-refractivity contribution is 0.0921. The van der Waals surface area contributed by atoms with Gasteiger partial charge in [-0.3, -0.25) is 9.59 Å². The minimum atomic E-state index is -0.158. The lowest BCUT2D eigenvalue weighted by atomic mass is 10.1. The molecule has 1 fully saturated rings. The molecule has 0 aromatic carbocycles. The van der Waals surface area contributed by atoms with Gasteiger partial charge in [0.2, 0.25) is 0 Å². The summed E-state index contributed by atoms with van der Waals surface area (Å²) in [5.41, 5.74) is 1.35. The Morgan fingerprint density at radius 3 is 2.65 bits per heavy atom. The van der Waals surface area contributed by atoms with Crippen LogP contribution in [0.1, 0.15) is 71.7 Å². The van der Waals surface area contributed by atoms with Gasteiger partial charge in [0.1, 0.15) is 5.69 Å². The summed E-state index contributed by atoms with van der Waals surface area (Å²) in [7, 11) is 4.03. The highest BCUT2D eigenvalue weighted by atomic mass is 16.2. The first-order chi connectivity index (χ1) is 12.6. The van der Waals surface area contributed by atoms with Gasteiger partial charge in [0, 0.05) is 19.1 Å². The van der Waals surface area contributed by atoms with Gasteiger partial charge in [-0.05, 0) is 59.2 Å². The molecule has 7 heteroatoms. The molecule has 1 aliphatic heterocycles. The van der Waals surface area contributed by atoms with Gasteiger partial charge in [0.25, 0.3) is 11.8 Å². The van der Waals surface area contributed by atoms with E-state index in [1.54, 1.807) is 0 Å². The number of carbonyl (C=O) groups excluding carboxylic acids is 2. The van der Waals surface area contributed by atoms with Gasteiger partial charge in [-0.25, -0.2) is 4.98 Å². The van der Waals surface area contributed by atoms with Gasteiger partial charge in [-0.15, -0.1) is 0 Å². The van der Waals surface area contributed by atoms with E-state index in [1.807, 2.05) is 18.7 Å². The fourth-order valence-electron chi connectivity index (χ4n) is 3.90. The highest BCUT2D eigenvalue weighted by molar-refractivity contribution is 5.97. The molecule has 0 radical (unpaired) electrons. The number of rotatable bonds is 7. The zero-order valence-electron chi connectivity index (χ0n) is 16.0. The van der Waals surface area contributed by atoms with E-state index in [-0.39, 0.29) is 17.9 Å². The Bertz CT molecular complexity index is 647. The van der Waals surface area contributed by atoms with Crippen LogP contribution in [0.25, 0.3) is 0 Å². The van der Waals surface area contributed by atoms with Crippen LogP contribution in [0, 0.1) is 0 Å². The third-order valence-electron chi connectivity index (χ3n) is 5.29. The number of fused-ring (bicyclic) bond motifs is 1. The van der Waals surface area contributed by atoms with Crippen molar-refractivity contribution in [3.63, 3.8) is 0 Å². The maximum atomic E-state index is 12.7. The molecular weight excluding hydrogens is 330 g/mol. The van der Waals surface area contributed by atoms with Crippen molar-refractivity contribution in [1.82, 2.24) is 25.1 Å². The molecule has 144 valence electrons. The first-order valence-corrected chi connectivity index (χ1v) is 9.89. The van der Waals surface area contributed by atoms with Crippen molar-refractivity contribution in [3.05, 3.63) is 17.2 Å². The smallest absolute Gasteiger partial charge is 0.287 e. The van der Waals surface area contributed by atoms with Crippen LogP contribution in [0.2, 0.25) is 0 Å². The van der Waals surface area contributed by atoms with Crippen LogP contribution < -0.4 is 10.6 Å². The first kappa shape index (κ1) is 18.9. The summed E-state index contributed by atoms with van der Waals surface area (Å²) >= 11 is 0. The fraction of sp³-hybridized carbons (Fsp3) is 0.737. The van der Waals surface area contributed by atoms with Crippen LogP contribution in [0.3, 0.4) is 0 Å². The topological polar surface area (TPSA) is 79.3 Å². The van der Waals surface area contributed by atoms with Crippen LogP contribution in [0.5, 0.6) is 0 Å². The average Bonchev–Trinajstić information content (AvgIpc) is 3.26. The molecule has 2 aliphatic rings. The Hall–Kier alpha value is -1.89. The predicted molar refractivity (Wildman–Crippen MR) is 100 cm³/mol. The van der Waals surface area contributed by atoms with E-state index in [4.69, 9.17) is 0 Å². The maximum absolute atomic E-state index is 12.7. The summed E-state index contributed by atoms with van der Waals surface area (Å²) in [4.78, 5) is 31.9. The molecular formula is C19H31N5O2. The quantitative estimate of drug-likeness (QED) is 0.723. The van der Waals surface area contributed by atoms with Crippen molar-refractivity contribution in [1.29, 1.82) is 0 Å². The number of amides is 2. The molecule has 0 unspecified atom stereocenters. The van der Waals surface area contributed by atoms with Crippen molar-refractivity contribution in [2.75, 3.05) is 27.2 Å². The molecule has 2 amide bonds. The molecule has 1 saturated carbocycles. The summed E-state index contributed by atoms with van der Waals surface area (Å²) in [5, 5.41) is 6.06. The molecule has 1 aromatic rings. The minimum Gasteiger partial charge on any atom is -0.351 e. The van der Waals surface area contributed by atoms with E-state index in [0.717, 1.165) is 57.3 Å². The van der Waals surface area contributed by atoms with E-state index < -0.39 is 0 Å². The lowest BCUT2D eigenvalue weighted by Gasteiger charge is -2.18. The van der Waals surface area contributed by atoms with E-state index in [0.29, 0.717) is 18.1 Å². The standard InChI is InChI=1S/C19H31N5O2/c1-23(2)12-7-11-20-18(25)16-15-10-5-6-13-24(15)17(22-16)19(26)21-14-8-3-4-9-14/h14H,3-13H2,1-2H3,(H,20,25)(H,21,26). The van der Waals surface area contributed by atoms with E-state index >= 15 is 0 Å². The van der Waals surface area contributed by atoms with E-state index in [2.05, 4.69) is 20.5 Å². The van der Waals surface area contributed by atoms with Crippen molar-refractivity contribution < 1.29 is 9.59 Å². The van der Waals surface area contributed by atoms with Crippen molar-refractivity contribution in [2.45, 2.75) is 64.0 Å². The Balaban J connectivity index is 1.70. The maximum Gasteiger partial charge on any atom is 0.287 e. The van der Waals surface area contributed by atoms with E-state index in [1.165, 1.54) is 12.8 Å². The van der Waals surface area contributed by atoms with Crippen molar-refractivity contribution >= 4 is 11.8 Å². The van der Waals surface area contributed by atoms with Gasteiger partial charge < -0.3 is 20.1 Å². The van der Waals surface area contributed by atoms with Crippen LogP contribution in [-0.4, -0.2) is 59.5 Å². The molecule has 3 rings (SSSR count). The van der Waals surface area contributed by atoms with E-state index in [9.17, 15) is 9.59 Å². The Kier molecular flexibility index (Phi) is 6.29. The number of aromatic nitrogens is 2. The van der Waals surface area contributed by atoms with Crippen molar-refractivity contribution in [2.24, 2.45) is 0 Å². The van der Waals surface area contributed by atoms with Crippen LogP contribution in [-0.2, 0) is 13.0 Å². The summed E-state index contributed by atoms with van der Waals surface area (Å²) in [6.07, 6.45) is 8.19. The summed E-state index contributed by atoms with van der Waals surface area (Å²) in [6, 6.07) is 0.252. The zero-order valence-corrected chi connectivity index (χ0v) is 16.0.